The lowest BCUT2D eigenvalue weighted by Gasteiger charge is -2.45. The summed E-state index contributed by atoms with van der Waals surface area (Å²) in [5.41, 5.74) is 1.40. The summed E-state index contributed by atoms with van der Waals surface area (Å²) < 4.78 is 32.9. The van der Waals surface area contributed by atoms with E-state index in [1.54, 1.807) is 28.6 Å². The maximum atomic E-state index is 12.9. The van der Waals surface area contributed by atoms with E-state index in [-0.39, 0.29) is 4.90 Å². The van der Waals surface area contributed by atoms with Crippen LogP contribution in [0.4, 0.5) is 0 Å². The molecule has 0 saturated carbocycles. The molecule has 4 rings (SSSR count). The number of hydrogen-bond acceptors (Lipinski definition) is 5. The fourth-order valence-electron chi connectivity index (χ4n) is 3.50. The third-order valence-corrected chi connectivity index (χ3v) is 7.84. The van der Waals surface area contributed by atoms with Crippen LogP contribution in [0.5, 0.6) is 5.75 Å². The SMILES string of the molecule is CCOc1ccccc1S(=O)(=O)N1CC(N2CCc3sccc3C2)C1. The highest BCUT2D eigenvalue weighted by molar-refractivity contribution is 7.89. The van der Waals surface area contributed by atoms with Crippen molar-refractivity contribution < 1.29 is 13.2 Å². The molecular formula is C18H22N2O3S2. The molecule has 0 N–H and O–H groups in total. The van der Waals surface area contributed by atoms with Crippen molar-refractivity contribution in [2.24, 2.45) is 0 Å². The van der Waals surface area contributed by atoms with E-state index in [0.29, 0.717) is 31.5 Å². The molecule has 1 aromatic carbocycles. The van der Waals surface area contributed by atoms with E-state index in [1.165, 1.54) is 10.4 Å². The third kappa shape index (κ3) is 3.10. The van der Waals surface area contributed by atoms with Gasteiger partial charge in [0, 0.05) is 37.1 Å². The fourth-order valence-corrected chi connectivity index (χ4v) is 6.04. The molecular weight excluding hydrogens is 356 g/mol. The van der Waals surface area contributed by atoms with Gasteiger partial charge in [-0.2, -0.15) is 4.31 Å². The smallest absolute Gasteiger partial charge is 0.246 e. The molecule has 0 radical (unpaired) electrons. The van der Waals surface area contributed by atoms with Gasteiger partial charge >= 0.3 is 0 Å². The zero-order valence-corrected chi connectivity index (χ0v) is 15.9. The summed E-state index contributed by atoms with van der Waals surface area (Å²) >= 11 is 1.83. The molecule has 7 heteroatoms. The summed E-state index contributed by atoms with van der Waals surface area (Å²) in [7, 11) is -3.49. The summed E-state index contributed by atoms with van der Waals surface area (Å²) in [6, 6.07) is 9.40. The molecule has 134 valence electrons. The first kappa shape index (κ1) is 17.0. The van der Waals surface area contributed by atoms with Crippen LogP contribution in [0.2, 0.25) is 0 Å². The van der Waals surface area contributed by atoms with E-state index in [2.05, 4.69) is 16.3 Å². The van der Waals surface area contributed by atoms with E-state index in [4.69, 9.17) is 4.74 Å². The molecule has 0 spiro atoms. The van der Waals surface area contributed by atoms with Crippen LogP contribution in [-0.2, 0) is 23.0 Å². The van der Waals surface area contributed by atoms with Gasteiger partial charge < -0.3 is 4.74 Å². The average molecular weight is 379 g/mol. The zero-order valence-electron chi connectivity index (χ0n) is 14.2. The number of sulfonamides is 1. The van der Waals surface area contributed by atoms with Gasteiger partial charge in [0.2, 0.25) is 10.0 Å². The van der Waals surface area contributed by atoms with Crippen LogP contribution in [0, 0.1) is 0 Å². The predicted octanol–water partition coefficient (Wildman–Crippen LogP) is 2.58. The van der Waals surface area contributed by atoms with Crippen molar-refractivity contribution in [3.8, 4) is 5.75 Å². The minimum Gasteiger partial charge on any atom is -0.492 e. The van der Waals surface area contributed by atoms with Crippen molar-refractivity contribution in [2.45, 2.75) is 30.8 Å². The van der Waals surface area contributed by atoms with Crippen molar-refractivity contribution in [3.63, 3.8) is 0 Å². The minimum atomic E-state index is -3.49. The Morgan fingerprint density at radius 3 is 2.84 bits per heavy atom. The van der Waals surface area contributed by atoms with E-state index in [9.17, 15) is 8.42 Å². The van der Waals surface area contributed by atoms with Gasteiger partial charge in [-0.25, -0.2) is 8.42 Å². The largest absolute Gasteiger partial charge is 0.492 e. The Morgan fingerprint density at radius 1 is 1.24 bits per heavy atom. The highest BCUT2D eigenvalue weighted by Crippen LogP contribution is 2.32. The summed E-state index contributed by atoms with van der Waals surface area (Å²) in [6.45, 7) is 5.38. The van der Waals surface area contributed by atoms with Gasteiger partial charge in [-0.15, -0.1) is 11.3 Å². The molecule has 1 aromatic heterocycles. The second-order valence-electron chi connectivity index (χ2n) is 6.45. The Balaban J connectivity index is 1.45. The monoisotopic (exact) mass is 378 g/mol. The lowest BCUT2D eigenvalue weighted by Crippen LogP contribution is -2.61. The molecule has 1 fully saturated rings. The average Bonchev–Trinajstić information content (AvgIpc) is 3.02. The van der Waals surface area contributed by atoms with Gasteiger partial charge in [-0.1, -0.05) is 12.1 Å². The van der Waals surface area contributed by atoms with Crippen molar-refractivity contribution in [2.75, 3.05) is 26.2 Å². The highest BCUT2D eigenvalue weighted by atomic mass is 32.2. The van der Waals surface area contributed by atoms with Crippen LogP contribution in [-0.4, -0.2) is 49.9 Å². The number of fused-ring (bicyclic) bond motifs is 1. The van der Waals surface area contributed by atoms with Crippen LogP contribution in [0.25, 0.3) is 0 Å². The molecule has 0 aliphatic carbocycles. The van der Waals surface area contributed by atoms with Crippen LogP contribution < -0.4 is 4.74 Å². The Hall–Kier alpha value is -1.41. The standard InChI is InChI=1S/C18H22N2O3S2/c1-2-23-16-5-3-4-6-18(16)25(21,22)20-12-15(13-20)19-9-7-17-14(11-19)8-10-24-17/h3-6,8,10,15H,2,7,9,11-13H2,1H3. The second kappa shape index (κ2) is 6.72. The normalized spacial score (nSPS) is 19.4. The third-order valence-electron chi connectivity index (χ3n) is 4.95. The van der Waals surface area contributed by atoms with Gasteiger partial charge in [0.25, 0.3) is 0 Å². The summed E-state index contributed by atoms with van der Waals surface area (Å²) in [6.07, 6.45) is 1.07. The van der Waals surface area contributed by atoms with Crippen LogP contribution >= 0.6 is 11.3 Å². The summed E-state index contributed by atoms with van der Waals surface area (Å²) in [5, 5.41) is 2.15. The van der Waals surface area contributed by atoms with Crippen LogP contribution in [0.3, 0.4) is 0 Å². The maximum Gasteiger partial charge on any atom is 0.246 e. The first-order chi connectivity index (χ1) is 12.1. The van der Waals surface area contributed by atoms with Crippen LogP contribution in [0.15, 0.2) is 40.6 Å². The van der Waals surface area contributed by atoms with Crippen molar-refractivity contribution >= 4 is 21.4 Å². The van der Waals surface area contributed by atoms with E-state index in [1.807, 2.05) is 18.3 Å². The number of thiophene rings is 1. The molecule has 0 unspecified atom stereocenters. The molecule has 2 aromatic rings. The summed E-state index contributed by atoms with van der Waals surface area (Å²) in [4.78, 5) is 4.16. The molecule has 0 amide bonds. The van der Waals surface area contributed by atoms with Gasteiger partial charge in [0.05, 0.1) is 6.61 Å². The molecule has 0 bridgehead atoms. The number of ether oxygens (including phenoxy) is 1. The zero-order chi connectivity index (χ0) is 17.4. The molecule has 0 atom stereocenters. The molecule has 1 saturated heterocycles. The van der Waals surface area contributed by atoms with Crippen molar-refractivity contribution in [1.29, 1.82) is 0 Å². The molecule has 2 aliphatic rings. The van der Waals surface area contributed by atoms with Gasteiger partial charge in [-0.05, 0) is 42.5 Å². The fraction of sp³-hybridized carbons (Fsp3) is 0.444. The first-order valence-electron chi connectivity index (χ1n) is 8.61. The van der Waals surface area contributed by atoms with Crippen molar-refractivity contribution in [3.05, 3.63) is 46.2 Å². The maximum absolute atomic E-state index is 12.9. The minimum absolute atomic E-state index is 0.272. The number of benzene rings is 1. The lowest BCUT2D eigenvalue weighted by molar-refractivity contribution is 0.0774. The molecule has 3 heterocycles. The van der Waals surface area contributed by atoms with Gasteiger partial charge in [0.1, 0.15) is 10.6 Å². The van der Waals surface area contributed by atoms with Gasteiger partial charge in [-0.3, -0.25) is 4.90 Å². The first-order valence-corrected chi connectivity index (χ1v) is 10.9. The van der Waals surface area contributed by atoms with E-state index in [0.717, 1.165) is 19.5 Å². The number of hydrogen-bond donors (Lipinski definition) is 0. The predicted molar refractivity (Wildman–Crippen MR) is 98.6 cm³/mol. The van der Waals surface area contributed by atoms with Crippen molar-refractivity contribution in [1.82, 2.24) is 9.21 Å². The highest BCUT2D eigenvalue weighted by Gasteiger charge is 2.41. The summed E-state index contributed by atoms with van der Waals surface area (Å²) in [5.74, 6) is 0.439. The second-order valence-corrected chi connectivity index (χ2v) is 9.35. The van der Waals surface area contributed by atoms with E-state index >= 15 is 0 Å². The van der Waals surface area contributed by atoms with Gasteiger partial charge in [0.15, 0.2) is 0 Å². The number of rotatable bonds is 5. The Bertz CT molecular complexity index is 857. The quantitative estimate of drug-likeness (QED) is 0.802. The number of nitrogens with zero attached hydrogens (tertiary/aromatic N) is 2. The molecule has 25 heavy (non-hydrogen) atoms. The molecule has 2 aliphatic heterocycles. The Kier molecular flexibility index (Phi) is 4.58. The van der Waals surface area contributed by atoms with E-state index < -0.39 is 10.0 Å². The Morgan fingerprint density at radius 2 is 2.04 bits per heavy atom. The molecule has 5 nitrogen and oxygen atoms in total. The Labute approximate surface area is 152 Å². The lowest BCUT2D eigenvalue weighted by atomic mass is 10.0. The topological polar surface area (TPSA) is 49.9 Å². The van der Waals surface area contributed by atoms with Crippen LogP contribution in [0.1, 0.15) is 17.4 Å². The number of para-hydroxylation sites is 1.